The van der Waals surface area contributed by atoms with Gasteiger partial charge < -0.3 is 9.88 Å². The molecule has 0 atom stereocenters. The van der Waals surface area contributed by atoms with E-state index in [1.54, 1.807) is 6.92 Å². The Bertz CT molecular complexity index is 1130. The molecule has 166 valence electrons. The van der Waals surface area contributed by atoms with Gasteiger partial charge in [0.1, 0.15) is 6.54 Å². The normalized spacial score (nSPS) is 11.9. The Balaban J connectivity index is 2.51. The molecule has 0 aliphatic rings. The van der Waals surface area contributed by atoms with Gasteiger partial charge in [0.25, 0.3) is 0 Å². The lowest BCUT2D eigenvalue weighted by atomic mass is 10.2. The average Bonchev–Trinajstić information content (AvgIpc) is 2.71. The highest BCUT2D eigenvalue weighted by atomic mass is 32.2. The molecule has 2 rings (SSSR count). The van der Waals surface area contributed by atoms with Gasteiger partial charge in [-0.15, -0.1) is 0 Å². The topological polar surface area (TPSA) is 110 Å². The Labute approximate surface area is 176 Å². The monoisotopic (exact) mass is 438 g/mol. The van der Waals surface area contributed by atoms with Crippen molar-refractivity contribution in [2.24, 2.45) is 0 Å². The Morgan fingerprint density at radius 1 is 1.00 bits per heavy atom. The van der Waals surface area contributed by atoms with Crippen molar-refractivity contribution < 1.29 is 13.2 Å². The van der Waals surface area contributed by atoms with Gasteiger partial charge in [-0.1, -0.05) is 26.2 Å². The van der Waals surface area contributed by atoms with Crippen molar-refractivity contribution in [3.63, 3.8) is 0 Å². The van der Waals surface area contributed by atoms with Crippen LogP contribution in [0.15, 0.2) is 32.7 Å². The second kappa shape index (κ2) is 10.0. The van der Waals surface area contributed by atoms with E-state index in [1.807, 2.05) is 0 Å². The van der Waals surface area contributed by atoms with Crippen LogP contribution in [0.4, 0.5) is 0 Å². The van der Waals surface area contributed by atoms with Gasteiger partial charge >= 0.3 is 11.1 Å². The minimum absolute atomic E-state index is 0.0191. The minimum Gasteiger partial charge on any atom is -0.355 e. The van der Waals surface area contributed by atoms with E-state index in [1.165, 1.54) is 36.9 Å². The van der Waals surface area contributed by atoms with Crippen LogP contribution in [-0.2, 0) is 27.9 Å². The van der Waals surface area contributed by atoms with Gasteiger partial charge in [-0.05, 0) is 31.5 Å². The summed E-state index contributed by atoms with van der Waals surface area (Å²) >= 11 is 0. The van der Waals surface area contributed by atoms with Crippen LogP contribution in [0.2, 0.25) is 0 Å². The molecule has 0 unspecified atom stereocenters. The molecule has 0 aliphatic carbocycles. The number of aromatic nitrogens is 2. The number of sulfonamides is 1. The second-order valence-corrected chi connectivity index (χ2v) is 9.44. The first-order valence-corrected chi connectivity index (χ1v) is 11.6. The van der Waals surface area contributed by atoms with E-state index in [4.69, 9.17) is 0 Å². The summed E-state index contributed by atoms with van der Waals surface area (Å²) < 4.78 is 28.5. The predicted molar refractivity (Wildman–Crippen MR) is 116 cm³/mol. The zero-order valence-corrected chi connectivity index (χ0v) is 18.8. The number of carbonyl (C=O) groups excluding carboxylic acids is 1. The summed E-state index contributed by atoms with van der Waals surface area (Å²) in [6.07, 6.45) is 4.00. The van der Waals surface area contributed by atoms with Crippen molar-refractivity contribution in [3.05, 3.63) is 38.9 Å². The number of fused-ring (bicyclic) bond motifs is 1. The molecule has 0 saturated carbocycles. The lowest BCUT2D eigenvalue weighted by molar-refractivity contribution is -0.121. The predicted octanol–water partition coefficient (Wildman–Crippen LogP) is 1.13. The summed E-state index contributed by atoms with van der Waals surface area (Å²) in [5, 5.41) is 2.76. The summed E-state index contributed by atoms with van der Waals surface area (Å²) in [6.45, 7) is 4.19. The zero-order chi connectivity index (χ0) is 22.5. The Morgan fingerprint density at radius 3 is 2.27 bits per heavy atom. The number of hydrogen-bond acceptors (Lipinski definition) is 5. The van der Waals surface area contributed by atoms with Gasteiger partial charge in [0.15, 0.2) is 0 Å². The third-order valence-corrected chi connectivity index (χ3v) is 6.76. The standard InChI is InChI=1S/C20H30N4O5S/c1-5-7-8-9-12-21-18(25)14-24-17-13-15(30(28,29)22(3)4)10-11-16(17)23(6-2)19(26)20(24)27/h10-11,13H,5-9,12,14H2,1-4H3,(H,21,25). The molecule has 0 aliphatic heterocycles. The Hall–Kier alpha value is -2.46. The molecule has 10 heteroatoms. The van der Waals surface area contributed by atoms with Crippen LogP contribution in [0, 0.1) is 0 Å². The van der Waals surface area contributed by atoms with E-state index >= 15 is 0 Å². The molecule has 1 N–H and O–H groups in total. The molecule has 1 heterocycles. The van der Waals surface area contributed by atoms with E-state index in [0.29, 0.717) is 12.1 Å². The van der Waals surface area contributed by atoms with Crippen molar-refractivity contribution in [2.75, 3.05) is 20.6 Å². The first kappa shape index (κ1) is 23.8. The maximum atomic E-state index is 12.7. The van der Waals surface area contributed by atoms with E-state index in [-0.39, 0.29) is 23.5 Å². The molecular formula is C20H30N4O5S. The van der Waals surface area contributed by atoms with Crippen LogP contribution < -0.4 is 16.4 Å². The number of hydrogen-bond donors (Lipinski definition) is 1. The summed E-state index contributed by atoms with van der Waals surface area (Å²) in [5.74, 6) is -0.399. The highest BCUT2D eigenvalue weighted by Crippen LogP contribution is 2.19. The quantitative estimate of drug-likeness (QED) is 0.442. The number of nitrogens with one attached hydrogen (secondary N) is 1. The largest absolute Gasteiger partial charge is 0.355 e. The van der Waals surface area contributed by atoms with Crippen LogP contribution in [0.1, 0.15) is 39.5 Å². The van der Waals surface area contributed by atoms with Crippen LogP contribution in [0.5, 0.6) is 0 Å². The summed E-state index contributed by atoms with van der Waals surface area (Å²) in [5.41, 5.74) is -0.977. The molecule has 0 radical (unpaired) electrons. The molecule has 0 saturated heterocycles. The Kier molecular flexibility index (Phi) is 7.96. The van der Waals surface area contributed by atoms with Gasteiger partial charge in [-0.3, -0.25) is 19.0 Å². The van der Waals surface area contributed by atoms with E-state index in [9.17, 15) is 22.8 Å². The average molecular weight is 439 g/mol. The summed E-state index contributed by atoms with van der Waals surface area (Å²) in [6, 6.07) is 4.23. The molecular weight excluding hydrogens is 408 g/mol. The van der Waals surface area contributed by atoms with Crippen LogP contribution >= 0.6 is 0 Å². The highest BCUT2D eigenvalue weighted by Gasteiger charge is 2.21. The molecule has 2 aromatic rings. The van der Waals surface area contributed by atoms with Crippen molar-refractivity contribution in [1.29, 1.82) is 0 Å². The molecule has 0 fully saturated rings. The van der Waals surface area contributed by atoms with Gasteiger partial charge in [0.2, 0.25) is 15.9 Å². The third kappa shape index (κ3) is 4.99. The maximum Gasteiger partial charge on any atom is 0.317 e. The first-order valence-electron chi connectivity index (χ1n) is 10.1. The molecule has 1 amide bonds. The zero-order valence-electron chi connectivity index (χ0n) is 18.0. The molecule has 30 heavy (non-hydrogen) atoms. The second-order valence-electron chi connectivity index (χ2n) is 7.29. The fourth-order valence-electron chi connectivity index (χ4n) is 3.22. The minimum atomic E-state index is -3.75. The lowest BCUT2D eigenvalue weighted by Gasteiger charge is -2.16. The van der Waals surface area contributed by atoms with Gasteiger partial charge in [0, 0.05) is 27.2 Å². The number of nitrogens with zero attached hydrogens (tertiary/aromatic N) is 3. The SMILES string of the molecule is CCCCCCNC(=O)Cn1c(=O)c(=O)n(CC)c2ccc(S(=O)(=O)N(C)C)cc21. The van der Waals surface area contributed by atoms with Crippen molar-refractivity contribution >= 4 is 27.0 Å². The fourth-order valence-corrected chi connectivity index (χ4v) is 4.14. The number of benzene rings is 1. The van der Waals surface area contributed by atoms with Crippen LogP contribution in [0.3, 0.4) is 0 Å². The van der Waals surface area contributed by atoms with E-state index in [0.717, 1.165) is 34.6 Å². The molecule has 1 aromatic carbocycles. The molecule has 1 aromatic heterocycles. The maximum absolute atomic E-state index is 12.7. The number of unbranched alkanes of at least 4 members (excludes halogenated alkanes) is 3. The van der Waals surface area contributed by atoms with Crippen molar-refractivity contribution in [3.8, 4) is 0 Å². The molecule has 0 spiro atoms. The van der Waals surface area contributed by atoms with Crippen molar-refractivity contribution in [2.45, 2.75) is 57.5 Å². The van der Waals surface area contributed by atoms with Crippen molar-refractivity contribution in [1.82, 2.24) is 18.8 Å². The smallest absolute Gasteiger partial charge is 0.317 e. The number of amides is 1. The molecule has 0 bridgehead atoms. The highest BCUT2D eigenvalue weighted by molar-refractivity contribution is 7.89. The van der Waals surface area contributed by atoms with Gasteiger partial charge in [-0.25, -0.2) is 12.7 Å². The fraction of sp³-hybridized carbons (Fsp3) is 0.550. The van der Waals surface area contributed by atoms with E-state index in [2.05, 4.69) is 12.2 Å². The van der Waals surface area contributed by atoms with Crippen LogP contribution in [0.25, 0.3) is 11.0 Å². The van der Waals surface area contributed by atoms with Gasteiger partial charge in [-0.2, -0.15) is 0 Å². The Morgan fingerprint density at radius 2 is 1.67 bits per heavy atom. The molecule has 9 nitrogen and oxygen atoms in total. The van der Waals surface area contributed by atoms with Gasteiger partial charge in [0.05, 0.1) is 15.9 Å². The third-order valence-electron chi connectivity index (χ3n) is 4.95. The lowest BCUT2D eigenvalue weighted by Crippen LogP contribution is -2.44. The number of aryl methyl sites for hydroxylation is 1. The summed E-state index contributed by atoms with van der Waals surface area (Å²) in [4.78, 5) is 37.6. The van der Waals surface area contributed by atoms with Crippen LogP contribution in [-0.4, -0.2) is 48.4 Å². The number of rotatable bonds is 10. The van der Waals surface area contributed by atoms with E-state index < -0.39 is 27.0 Å². The summed E-state index contributed by atoms with van der Waals surface area (Å²) in [7, 11) is -0.933. The number of carbonyl (C=O) groups is 1. The first-order chi connectivity index (χ1) is 14.1.